The van der Waals surface area contributed by atoms with Crippen molar-refractivity contribution in [3.63, 3.8) is 0 Å². The molecule has 0 radical (unpaired) electrons. The molecule has 1 amide bonds. The summed E-state index contributed by atoms with van der Waals surface area (Å²) in [5, 5.41) is 3.75. The van der Waals surface area contributed by atoms with Crippen LogP contribution in [-0.2, 0) is 0 Å². The van der Waals surface area contributed by atoms with Crippen LogP contribution >= 0.6 is 22.7 Å². The van der Waals surface area contributed by atoms with E-state index in [1.807, 2.05) is 25.1 Å². The number of nitrogens with zero attached hydrogens (tertiary/aromatic N) is 2. The Morgan fingerprint density at radius 1 is 1.17 bits per heavy atom. The number of thiazole rings is 1. The Kier molecular flexibility index (Phi) is 4.14. The van der Waals surface area contributed by atoms with E-state index in [1.54, 1.807) is 35.6 Å². The highest BCUT2D eigenvalue weighted by molar-refractivity contribution is 7.29. The fourth-order valence-corrected chi connectivity index (χ4v) is 4.06. The molecule has 1 N–H and O–H groups in total. The molecule has 0 spiro atoms. The van der Waals surface area contributed by atoms with Gasteiger partial charge in [-0.05, 0) is 25.1 Å². The van der Waals surface area contributed by atoms with E-state index in [-0.39, 0.29) is 11.7 Å². The standard InChI is InChI=1S/C16H15N3O2S2/c1-9(20)10-5-4-6-11(7-10)17-14(21)12-8-13-15(22-12)18-16(23-13)19(2)3/h4-8H,1-3H3,(H,17,21). The first-order valence-electron chi connectivity index (χ1n) is 6.94. The van der Waals surface area contributed by atoms with Crippen LogP contribution in [0, 0.1) is 0 Å². The van der Waals surface area contributed by atoms with Crippen LogP contribution in [0.5, 0.6) is 0 Å². The highest BCUT2D eigenvalue weighted by atomic mass is 32.1. The number of amides is 1. The third-order valence-electron chi connectivity index (χ3n) is 3.21. The maximum atomic E-state index is 12.4. The summed E-state index contributed by atoms with van der Waals surface area (Å²) in [4.78, 5) is 31.7. The second-order valence-electron chi connectivity index (χ2n) is 5.26. The summed E-state index contributed by atoms with van der Waals surface area (Å²) in [5.41, 5.74) is 1.19. The van der Waals surface area contributed by atoms with Gasteiger partial charge in [-0.2, -0.15) is 0 Å². The van der Waals surface area contributed by atoms with E-state index in [9.17, 15) is 9.59 Å². The summed E-state index contributed by atoms with van der Waals surface area (Å²) in [5.74, 6) is -0.217. The van der Waals surface area contributed by atoms with Crippen molar-refractivity contribution >= 4 is 54.7 Å². The van der Waals surface area contributed by atoms with Crippen LogP contribution in [0.25, 0.3) is 9.53 Å². The van der Waals surface area contributed by atoms with Gasteiger partial charge in [-0.1, -0.05) is 23.5 Å². The lowest BCUT2D eigenvalue weighted by Crippen LogP contribution is -2.10. The van der Waals surface area contributed by atoms with Gasteiger partial charge in [0.25, 0.3) is 5.91 Å². The van der Waals surface area contributed by atoms with Crippen LogP contribution < -0.4 is 10.2 Å². The lowest BCUT2D eigenvalue weighted by molar-refractivity contribution is 0.101. The highest BCUT2D eigenvalue weighted by Gasteiger charge is 2.15. The number of rotatable bonds is 4. The molecule has 2 heterocycles. The van der Waals surface area contributed by atoms with E-state index in [1.165, 1.54) is 18.3 Å². The maximum Gasteiger partial charge on any atom is 0.265 e. The molecule has 23 heavy (non-hydrogen) atoms. The molecule has 3 rings (SSSR count). The van der Waals surface area contributed by atoms with Crippen molar-refractivity contribution < 1.29 is 9.59 Å². The monoisotopic (exact) mass is 345 g/mol. The third-order valence-corrected chi connectivity index (χ3v) is 5.54. The van der Waals surface area contributed by atoms with Crippen LogP contribution in [0.1, 0.15) is 27.0 Å². The third kappa shape index (κ3) is 3.25. The molecule has 2 aromatic heterocycles. The van der Waals surface area contributed by atoms with Crippen molar-refractivity contribution in [1.82, 2.24) is 4.98 Å². The van der Waals surface area contributed by atoms with Gasteiger partial charge in [0.05, 0.1) is 9.58 Å². The van der Waals surface area contributed by atoms with Gasteiger partial charge in [-0.3, -0.25) is 9.59 Å². The quantitative estimate of drug-likeness (QED) is 0.729. The zero-order valence-electron chi connectivity index (χ0n) is 12.9. The molecule has 0 fully saturated rings. The van der Waals surface area contributed by atoms with Gasteiger partial charge < -0.3 is 10.2 Å². The lowest BCUT2D eigenvalue weighted by atomic mass is 10.1. The maximum absolute atomic E-state index is 12.4. The van der Waals surface area contributed by atoms with Gasteiger partial charge in [0.2, 0.25) is 0 Å². The molecule has 5 nitrogen and oxygen atoms in total. The van der Waals surface area contributed by atoms with Crippen molar-refractivity contribution in [2.75, 3.05) is 24.3 Å². The molecular weight excluding hydrogens is 330 g/mol. The molecule has 0 saturated carbocycles. The van der Waals surface area contributed by atoms with Crippen molar-refractivity contribution in [2.45, 2.75) is 6.92 Å². The lowest BCUT2D eigenvalue weighted by Gasteiger charge is -2.05. The molecule has 0 aliphatic carbocycles. The Morgan fingerprint density at radius 3 is 2.61 bits per heavy atom. The molecule has 0 aliphatic heterocycles. The summed E-state index contributed by atoms with van der Waals surface area (Å²) in [7, 11) is 3.88. The summed E-state index contributed by atoms with van der Waals surface area (Å²) < 4.78 is 1.00. The fraction of sp³-hybridized carbons (Fsp3) is 0.188. The first kappa shape index (κ1) is 15.6. The molecule has 0 bridgehead atoms. The fourth-order valence-electron chi connectivity index (χ4n) is 2.04. The van der Waals surface area contributed by atoms with Crippen LogP contribution in [-0.4, -0.2) is 30.8 Å². The largest absolute Gasteiger partial charge is 0.354 e. The van der Waals surface area contributed by atoms with Gasteiger partial charge in [0, 0.05) is 25.3 Å². The van der Waals surface area contributed by atoms with Gasteiger partial charge in [-0.15, -0.1) is 11.3 Å². The SMILES string of the molecule is CC(=O)c1cccc(NC(=O)c2cc3sc(N(C)C)nc3s2)c1. The van der Waals surface area contributed by atoms with Crippen molar-refractivity contribution in [3.05, 3.63) is 40.8 Å². The molecular formula is C16H15N3O2S2. The molecule has 7 heteroatoms. The van der Waals surface area contributed by atoms with Gasteiger partial charge in [-0.25, -0.2) is 4.98 Å². The van der Waals surface area contributed by atoms with E-state index in [0.717, 1.165) is 14.7 Å². The Balaban J connectivity index is 1.81. The number of nitrogens with one attached hydrogen (secondary N) is 1. The number of carbonyl (C=O) groups excluding carboxylic acids is 2. The summed E-state index contributed by atoms with van der Waals surface area (Å²) >= 11 is 2.92. The number of benzene rings is 1. The molecule has 1 aromatic carbocycles. The van der Waals surface area contributed by atoms with E-state index < -0.39 is 0 Å². The molecule has 0 saturated heterocycles. The Labute approximate surface area is 141 Å². The summed E-state index contributed by atoms with van der Waals surface area (Å²) in [6, 6.07) is 8.78. The van der Waals surface area contributed by atoms with Crippen LogP contribution in [0.4, 0.5) is 10.8 Å². The van der Waals surface area contributed by atoms with Gasteiger partial charge in [0.1, 0.15) is 4.83 Å². The Hall–Kier alpha value is -2.25. The summed E-state index contributed by atoms with van der Waals surface area (Å²) in [6.07, 6.45) is 0. The van der Waals surface area contributed by atoms with E-state index >= 15 is 0 Å². The molecule has 3 aromatic rings. The zero-order valence-corrected chi connectivity index (χ0v) is 14.5. The Morgan fingerprint density at radius 2 is 1.96 bits per heavy atom. The number of hydrogen-bond acceptors (Lipinski definition) is 6. The second-order valence-corrected chi connectivity index (χ2v) is 7.30. The predicted molar refractivity (Wildman–Crippen MR) is 96.2 cm³/mol. The number of ketones is 1. The van der Waals surface area contributed by atoms with Crippen LogP contribution in [0.15, 0.2) is 30.3 Å². The van der Waals surface area contributed by atoms with Crippen molar-refractivity contribution in [3.8, 4) is 0 Å². The predicted octanol–water partition coefficient (Wildman–Crippen LogP) is 3.88. The van der Waals surface area contributed by atoms with Gasteiger partial charge >= 0.3 is 0 Å². The van der Waals surface area contributed by atoms with E-state index in [0.29, 0.717) is 16.1 Å². The zero-order chi connectivity index (χ0) is 16.6. The minimum absolute atomic E-state index is 0.0295. The van der Waals surface area contributed by atoms with Crippen LogP contribution in [0.2, 0.25) is 0 Å². The second kappa shape index (κ2) is 6.10. The van der Waals surface area contributed by atoms with E-state index in [2.05, 4.69) is 10.3 Å². The summed E-state index contributed by atoms with van der Waals surface area (Å²) in [6.45, 7) is 1.50. The first-order valence-corrected chi connectivity index (χ1v) is 8.57. The number of hydrogen-bond donors (Lipinski definition) is 1. The minimum Gasteiger partial charge on any atom is -0.354 e. The van der Waals surface area contributed by atoms with Crippen molar-refractivity contribution in [2.24, 2.45) is 0 Å². The minimum atomic E-state index is -0.188. The van der Waals surface area contributed by atoms with Crippen molar-refractivity contribution in [1.29, 1.82) is 0 Å². The topological polar surface area (TPSA) is 62.3 Å². The molecule has 0 aliphatic rings. The molecule has 0 unspecified atom stereocenters. The number of thiophene rings is 1. The first-order chi connectivity index (χ1) is 10.9. The van der Waals surface area contributed by atoms with Crippen LogP contribution in [0.3, 0.4) is 0 Å². The van der Waals surface area contributed by atoms with E-state index in [4.69, 9.17) is 0 Å². The average molecular weight is 345 g/mol. The number of anilines is 2. The number of aromatic nitrogens is 1. The number of carbonyl (C=O) groups is 2. The average Bonchev–Trinajstić information content (AvgIpc) is 3.06. The number of Topliss-reactive ketones (excluding diaryl/α,β-unsaturated/α-hetero) is 1. The highest BCUT2D eigenvalue weighted by Crippen LogP contribution is 2.34. The molecule has 118 valence electrons. The Bertz CT molecular complexity index is 864. The normalized spacial score (nSPS) is 10.7. The molecule has 0 atom stereocenters. The smallest absolute Gasteiger partial charge is 0.265 e. The number of fused-ring (bicyclic) bond motifs is 1. The van der Waals surface area contributed by atoms with Gasteiger partial charge in [0.15, 0.2) is 10.9 Å².